The topological polar surface area (TPSA) is 49.4 Å². The number of rotatable bonds is 7. The van der Waals surface area contributed by atoms with E-state index in [0.29, 0.717) is 18.7 Å². The highest BCUT2D eigenvalue weighted by Gasteiger charge is 2.13. The van der Waals surface area contributed by atoms with Crippen LogP contribution in [0, 0.1) is 5.82 Å². The van der Waals surface area contributed by atoms with E-state index in [1.807, 2.05) is 17.5 Å². The van der Waals surface area contributed by atoms with Gasteiger partial charge in [-0.15, -0.1) is 11.3 Å². The second-order valence-corrected chi connectivity index (χ2v) is 6.13. The van der Waals surface area contributed by atoms with Crippen molar-refractivity contribution < 1.29 is 14.0 Å². The van der Waals surface area contributed by atoms with Gasteiger partial charge in [0.25, 0.3) is 0 Å². The van der Waals surface area contributed by atoms with E-state index >= 15 is 0 Å². The van der Waals surface area contributed by atoms with E-state index in [0.717, 1.165) is 4.88 Å². The highest BCUT2D eigenvalue weighted by atomic mass is 32.1. The molecule has 0 atom stereocenters. The monoisotopic (exact) mass is 346 g/mol. The summed E-state index contributed by atoms with van der Waals surface area (Å²) in [5, 5.41) is 4.73. The lowest BCUT2D eigenvalue weighted by atomic mass is 10.2. The van der Waals surface area contributed by atoms with Gasteiger partial charge in [0.05, 0.1) is 13.1 Å². The second kappa shape index (κ2) is 8.98. The molecule has 6 heteroatoms. The van der Waals surface area contributed by atoms with Crippen molar-refractivity contribution in [2.24, 2.45) is 0 Å². The SMILES string of the molecule is CCN(CC(=O)NCc1cccs1)C(=O)/C=C/c1cccc(F)c1. The van der Waals surface area contributed by atoms with Crippen LogP contribution in [0.5, 0.6) is 0 Å². The van der Waals surface area contributed by atoms with E-state index in [1.165, 1.54) is 29.2 Å². The van der Waals surface area contributed by atoms with Crippen LogP contribution in [-0.4, -0.2) is 29.8 Å². The fourth-order valence-corrected chi connectivity index (χ4v) is 2.70. The van der Waals surface area contributed by atoms with E-state index in [1.54, 1.807) is 30.4 Å². The minimum atomic E-state index is -0.357. The number of hydrogen-bond donors (Lipinski definition) is 1. The molecule has 1 aromatic carbocycles. The largest absolute Gasteiger partial charge is 0.350 e. The highest BCUT2D eigenvalue weighted by molar-refractivity contribution is 7.09. The van der Waals surface area contributed by atoms with Gasteiger partial charge in [0.1, 0.15) is 5.82 Å². The van der Waals surface area contributed by atoms with E-state index in [9.17, 15) is 14.0 Å². The van der Waals surface area contributed by atoms with Gasteiger partial charge in [0.15, 0.2) is 0 Å². The first kappa shape index (κ1) is 17.9. The third-order valence-corrected chi connectivity index (χ3v) is 4.21. The summed E-state index contributed by atoms with van der Waals surface area (Å²) in [5.74, 6) is -0.851. The molecule has 0 spiro atoms. The maximum atomic E-state index is 13.1. The zero-order valence-corrected chi connectivity index (χ0v) is 14.2. The van der Waals surface area contributed by atoms with E-state index < -0.39 is 0 Å². The molecule has 0 aliphatic heterocycles. The molecular formula is C18H19FN2O2S. The zero-order chi connectivity index (χ0) is 17.4. The number of nitrogens with zero attached hydrogens (tertiary/aromatic N) is 1. The molecule has 0 fully saturated rings. The first-order valence-corrected chi connectivity index (χ1v) is 8.48. The molecule has 0 unspecified atom stereocenters. The maximum Gasteiger partial charge on any atom is 0.247 e. The van der Waals surface area contributed by atoms with Crippen molar-refractivity contribution in [3.05, 3.63) is 64.1 Å². The Balaban J connectivity index is 1.87. The molecule has 2 aromatic rings. The van der Waals surface area contributed by atoms with Gasteiger partial charge in [-0.3, -0.25) is 9.59 Å². The van der Waals surface area contributed by atoms with Gasteiger partial charge in [0.2, 0.25) is 11.8 Å². The number of amides is 2. The molecule has 0 radical (unpaired) electrons. The van der Waals surface area contributed by atoms with E-state index in [4.69, 9.17) is 0 Å². The number of benzene rings is 1. The van der Waals surface area contributed by atoms with Crippen LogP contribution in [0.1, 0.15) is 17.4 Å². The Hall–Kier alpha value is -2.47. The molecule has 1 heterocycles. The molecule has 126 valence electrons. The summed E-state index contributed by atoms with van der Waals surface area (Å²) in [4.78, 5) is 26.6. The summed E-state index contributed by atoms with van der Waals surface area (Å²) in [5.41, 5.74) is 0.599. The van der Waals surface area contributed by atoms with Crippen molar-refractivity contribution in [1.29, 1.82) is 0 Å². The Kier molecular flexibility index (Phi) is 6.69. The summed E-state index contributed by atoms with van der Waals surface area (Å²) in [7, 11) is 0. The molecule has 2 amide bonds. The number of carbonyl (C=O) groups excluding carboxylic acids is 2. The van der Waals surface area contributed by atoms with Crippen LogP contribution in [0.2, 0.25) is 0 Å². The normalized spacial score (nSPS) is 10.8. The molecule has 1 aromatic heterocycles. The smallest absolute Gasteiger partial charge is 0.247 e. The first-order valence-electron chi connectivity index (χ1n) is 7.60. The van der Waals surface area contributed by atoms with Crippen molar-refractivity contribution in [1.82, 2.24) is 10.2 Å². The number of halogens is 1. The average Bonchev–Trinajstić information content (AvgIpc) is 3.09. The van der Waals surface area contributed by atoms with Gasteiger partial charge in [-0.2, -0.15) is 0 Å². The maximum absolute atomic E-state index is 13.1. The van der Waals surface area contributed by atoms with Crippen molar-refractivity contribution in [2.45, 2.75) is 13.5 Å². The molecule has 0 aliphatic rings. The fourth-order valence-electron chi connectivity index (χ4n) is 2.06. The Morgan fingerprint density at radius 3 is 2.79 bits per heavy atom. The van der Waals surface area contributed by atoms with Crippen LogP contribution in [0.15, 0.2) is 47.9 Å². The van der Waals surface area contributed by atoms with Gasteiger partial charge < -0.3 is 10.2 Å². The van der Waals surface area contributed by atoms with Crippen molar-refractivity contribution in [3.63, 3.8) is 0 Å². The highest BCUT2D eigenvalue weighted by Crippen LogP contribution is 2.08. The lowest BCUT2D eigenvalue weighted by Crippen LogP contribution is -2.39. The average molecular weight is 346 g/mol. The first-order chi connectivity index (χ1) is 11.6. The predicted molar refractivity (Wildman–Crippen MR) is 93.9 cm³/mol. The van der Waals surface area contributed by atoms with Gasteiger partial charge in [-0.05, 0) is 42.1 Å². The Morgan fingerprint density at radius 1 is 1.29 bits per heavy atom. The number of thiophene rings is 1. The molecular weight excluding hydrogens is 327 g/mol. The molecule has 4 nitrogen and oxygen atoms in total. The molecule has 2 rings (SSSR count). The molecule has 0 bridgehead atoms. The van der Waals surface area contributed by atoms with Gasteiger partial charge in [-0.25, -0.2) is 4.39 Å². The number of likely N-dealkylation sites (N-methyl/N-ethyl adjacent to an activating group) is 1. The van der Waals surface area contributed by atoms with E-state index in [-0.39, 0.29) is 24.2 Å². The Bertz CT molecular complexity index is 714. The van der Waals surface area contributed by atoms with Gasteiger partial charge in [-0.1, -0.05) is 18.2 Å². The standard InChI is InChI=1S/C18H19FN2O2S/c1-2-21(13-17(22)20-12-16-7-4-10-24-16)18(23)9-8-14-5-3-6-15(19)11-14/h3-11H,2,12-13H2,1H3,(H,20,22)/b9-8+. The Labute approximate surface area is 144 Å². The van der Waals surface area contributed by atoms with Gasteiger partial charge in [0, 0.05) is 17.5 Å². The summed E-state index contributed by atoms with van der Waals surface area (Å²) in [6.07, 6.45) is 2.89. The fraction of sp³-hybridized carbons (Fsp3) is 0.222. The Morgan fingerprint density at radius 2 is 2.12 bits per heavy atom. The summed E-state index contributed by atoms with van der Waals surface area (Å²) in [6, 6.07) is 9.83. The van der Waals surface area contributed by atoms with Crippen molar-refractivity contribution >= 4 is 29.2 Å². The molecule has 0 saturated heterocycles. The van der Waals surface area contributed by atoms with Crippen LogP contribution in [-0.2, 0) is 16.1 Å². The number of hydrogen-bond acceptors (Lipinski definition) is 3. The molecule has 1 N–H and O–H groups in total. The third kappa shape index (κ3) is 5.62. The minimum absolute atomic E-state index is 0.00575. The quantitative estimate of drug-likeness (QED) is 0.784. The molecule has 24 heavy (non-hydrogen) atoms. The zero-order valence-electron chi connectivity index (χ0n) is 13.4. The van der Waals surface area contributed by atoms with Crippen molar-refractivity contribution in [3.8, 4) is 0 Å². The van der Waals surface area contributed by atoms with Crippen LogP contribution < -0.4 is 5.32 Å². The number of carbonyl (C=O) groups is 2. The van der Waals surface area contributed by atoms with E-state index in [2.05, 4.69) is 5.32 Å². The van der Waals surface area contributed by atoms with Crippen LogP contribution in [0.4, 0.5) is 4.39 Å². The molecule has 0 saturated carbocycles. The van der Waals surface area contributed by atoms with Crippen LogP contribution in [0.25, 0.3) is 6.08 Å². The predicted octanol–water partition coefficient (Wildman–Crippen LogP) is 3.07. The lowest BCUT2D eigenvalue weighted by Gasteiger charge is -2.18. The van der Waals surface area contributed by atoms with Crippen LogP contribution >= 0.6 is 11.3 Å². The number of nitrogens with one attached hydrogen (secondary N) is 1. The summed E-state index contributed by atoms with van der Waals surface area (Å²) < 4.78 is 13.1. The minimum Gasteiger partial charge on any atom is -0.350 e. The summed E-state index contributed by atoms with van der Waals surface area (Å²) in [6.45, 7) is 2.68. The summed E-state index contributed by atoms with van der Waals surface area (Å²) >= 11 is 1.57. The third-order valence-electron chi connectivity index (χ3n) is 3.33. The molecule has 0 aliphatic carbocycles. The van der Waals surface area contributed by atoms with Crippen LogP contribution in [0.3, 0.4) is 0 Å². The van der Waals surface area contributed by atoms with Crippen molar-refractivity contribution in [2.75, 3.05) is 13.1 Å². The lowest BCUT2D eigenvalue weighted by molar-refractivity contribution is -0.132. The second-order valence-electron chi connectivity index (χ2n) is 5.10. The van der Waals surface area contributed by atoms with Gasteiger partial charge >= 0.3 is 0 Å².